The van der Waals surface area contributed by atoms with E-state index in [-0.39, 0.29) is 16.2 Å². The van der Waals surface area contributed by atoms with Crippen LogP contribution in [-0.4, -0.2) is 19.7 Å². The molecule has 0 aliphatic rings. The lowest BCUT2D eigenvalue weighted by Gasteiger charge is -2.22. The van der Waals surface area contributed by atoms with Crippen molar-refractivity contribution >= 4 is 15.8 Å². The van der Waals surface area contributed by atoms with Gasteiger partial charge < -0.3 is 0 Å². The molecule has 0 saturated heterocycles. The highest BCUT2D eigenvalue weighted by atomic mass is 32.2. The summed E-state index contributed by atoms with van der Waals surface area (Å²) in [5.74, 6) is -0.0668. The first kappa shape index (κ1) is 22.3. The van der Waals surface area contributed by atoms with E-state index in [0.717, 1.165) is 12.0 Å². The fraction of sp³-hybridized carbons (Fsp3) is 0.435. The van der Waals surface area contributed by atoms with Crippen molar-refractivity contribution in [1.29, 1.82) is 0 Å². The Kier molecular flexibility index (Phi) is 6.84. The van der Waals surface area contributed by atoms with Gasteiger partial charge in [0.25, 0.3) is 0 Å². The smallest absolute Gasteiger partial charge is 0.241 e. The van der Waals surface area contributed by atoms with Crippen LogP contribution in [0.25, 0.3) is 0 Å². The van der Waals surface area contributed by atoms with E-state index in [0.29, 0.717) is 5.92 Å². The molecule has 0 heterocycles. The minimum Gasteiger partial charge on any atom is -0.293 e. The van der Waals surface area contributed by atoms with Crippen LogP contribution in [0.3, 0.4) is 0 Å². The molecule has 2 aromatic rings. The van der Waals surface area contributed by atoms with E-state index >= 15 is 0 Å². The largest absolute Gasteiger partial charge is 0.293 e. The molecule has 0 radical (unpaired) electrons. The van der Waals surface area contributed by atoms with Crippen LogP contribution in [0.5, 0.6) is 0 Å². The van der Waals surface area contributed by atoms with E-state index in [1.165, 1.54) is 11.6 Å². The number of nitrogens with one attached hydrogen (secondary N) is 1. The van der Waals surface area contributed by atoms with Crippen molar-refractivity contribution in [2.45, 2.75) is 64.3 Å². The SMILES string of the molecule is CC(C)Cc1ccc(C(C)C(=O)c2ccccc2S(=O)(=O)NC(C)(C)C)cc1. The lowest BCUT2D eigenvalue weighted by atomic mass is 9.91. The van der Waals surface area contributed by atoms with Gasteiger partial charge >= 0.3 is 0 Å². The second-order valence-corrected chi connectivity index (χ2v) is 10.4. The maximum atomic E-state index is 13.1. The number of rotatable bonds is 7. The fourth-order valence-corrected chi connectivity index (χ4v) is 4.79. The number of carbonyl (C=O) groups excluding carboxylic acids is 1. The molecule has 4 nitrogen and oxygen atoms in total. The summed E-state index contributed by atoms with van der Waals surface area (Å²) < 4.78 is 28.3. The van der Waals surface area contributed by atoms with Gasteiger partial charge in [-0.1, -0.05) is 63.2 Å². The summed E-state index contributed by atoms with van der Waals surface area (Å²) in [4.78, 5) is 13.2. The van der Waals surface area contributed by atoms with Gasteiger partial charge in [0.05, 0.1) is 4.90 Å². The number of benzene rings is 2. The van der Waals surface area contributed by atoms with Gasteiger partial charge in [-0.3, -0.25) is 4.79 Å². The zero-order valence-corrected chi connectivity index (χ0v) is 18.4. The van der Waals surface area contributed by atoms with Gasteiger partial charge in [-0.25, -0.2) is 13.1 Å². The number of ketones is 1. The van der Waals surface area contributed by atoms with Crippen LogP contribution < -0.4 is 4.72 Å². The summed E-state index contributed by atoms with van der Waals surface area (Å²) in [6.45, 7) is 11.5. The van der Waals surface area contributed by atoms with Gasteiger partial charge in [0, 0.05) is 17.0 Å². The normalized spacial score (nSPS) is 13.5. The molecule has 2 aromatic carbocycles. The molecular formula is C23H31NO3S. The number of hydrogen-bond acceptors (Lipinski definition) is 3. The molecule has 0 amide bonds. The first-order chi connectivity index (χ1) is 12.9. The minimum absolute atomic E-state index is 0.0261. The van der Waals surface area contributed by atoms with Gasteiger partial charge in [0.1, 0.15) is 0 Å². The average Bonchev–Trinajstić information content (AvgIpc) is 2.58. The zero-order valence-electron chi connectivity index (χ0n) is 17.6. The van der Waals surface area contributed by atoms with Gasteiger partial charge in [0.2, 0.25) is 10.0 Å². The van der Waals surface area contributed by atoms with Crippen molar-refractivity contribution in [2.75, 3.05) is 0 Å². The third kappa shape index (κ3) is 5.76. The van der Waals surface area contributed by atoms with Gasteiger partial charge in [0.15, 0.2) is 5.78 Å². The second kappa shape index (κ2) is 8.58. The van der Waals surface area contributed by atoms with Gasteiger partial charge in [-0.2, -0.15) is 0 Å². The summed E-state index contributed by atoms with van der Waals surface area (Å²) in [6, 6.07) is 14.4. The molecular weight excluding hydrogens is 370 g/mol. The number of Topliss-reactive ketones (excluding diaryl/α,β-unsaturated/α-hetero) is 1. The molecule has 2 rings (SSSR count). The van der Waals surface area contributed by atoms with Crippen molar-refractivity contribution < 1.29 is 13.2 Å². The first-order valence-corrected chi connectivity index (χ1v) is 11.1. The first-order valence-electron chi connectivity index (χ1n) is 9.67. The van der Waals surface area contributed by atoms with Crippen molar-refractivity contribution in [3.63, 3.8) is 0 Å². The Bertz CT molecular complexity index is 923. The molecule has 5 heteroatoms. The maximum absolute atomic E-state index is 13.1. The predicted octanol–water partition coefficient (Wildman–Crippen LogP) is 4.95. The molecule has 1 N–H and O–H groups in total. The molecule has 0 aliphatic heterocycles. The Morgan fingerprint density at radius 1 is 0.964 bits per heavy atom. The molecule has 0 saturated carbocycles. The van der Waals surface area contributed by atoms with Crippen LogP contribution in [0.1, 0.15) is 68.9 Å². The van der Waals surface area contributed by atoms with E-state index in [4.69, 9.17) is 0 Å². The lowest BCUT2D eigenvalue weighted by Crippen LogP contribution is -2.41. The molecule has 152 valence electrons. The van der Waals surface area contributed by atoms with Crippen LogP contribution in [0.4, 0.5) is 0 Å². The van der Waals surface area contributed by atoms with Crippen molar-refractivity contribution in [3.8, 4) is 0 Å². The summed E-state index contributed by atoms with van der Waals surface area (Å²) in [7, 11) is -3.80. The van der Waals surface area contributed by atoms with E-state index in [9.17, 15) is 13.2 Å². The van der Waals surface area contributed by atoms with Crippen molar-refractivity contribution in [2.24, 2.45) is 5.92 Å². The summed E-state index contributed by atoms with van der Waals surface area (Å²) >= 11 is 0. The Balaban J connectivity index is 2.34. The molecule has 1 unspecified atom stereocenters. The third-order valence-corrected chi connectivity index (χ3v) is 6.22. The van der Waals surface area contributed by atoms with E-state index in [1.54, 1.807) is 39.0 Å². The van der Waals surface area contributed by atoms with Gasteiger partial charge in [-0.15, -0.1) is 0 Å². The lowest BCUT2D eigenvalue weighted by molar-refractivity contribution is 0.0962. The highest BCUT2D eigenvalue weighted by molar-refractivity contribution is 7.89. The summed E-state index contributed by atoms with van der Waals surface area (Å²) in [6.07, 6.45) is 0.988. The Morgan fingerprint density at radius 2 is 1.54 bits per heavy atom. The van der Waals surface area contributed by atoms with Gasteiger partial charge in [-0.05, 0) is 50.3 Å². The van der Waals surface area contributed by atoms with Crippen LogP contribution >= 0.6 is 0 Å². The van der Waals surface area contributed by atoms with Crippen molar-refractivity contribution in [3.05, 3.63) is 65.2 Å². The molecule has 0 fully saturated rings. The number of carbonyl (C=O) groups is 1. The van der Waals surface area contributed by atoms with E-state index in [1.807, 2.05) is 31.2 Å². The van der Waals surface area contributed by atoms with Crippen LogP contribution in [0.2, 0.25) is 0 Å². The molecule has 1 atom stereocenters. The fourth-order valence-electron chi connectivity index (χ4n) is 3.16. The molecule has 0 aromatic heterocycles. The molecule has 0 spiro atoms. The Labute approximate surface area is 169 Å². The quantitative estimate of drug-likeness (QED) is 0.668. The van der Waals surface area contributed by atoms with Crippen molar-refractivity contribution in [1.82, 2.24) is 4.72 Å². The number of sulfonamides is 1. The summed E-state index contributed by atoms with van der Waals surface area (Å²) in [5, 5.41) is 0. The topological polar surface area (TPSA) is 63.2 Å². The van der Waals surface area contributed by atoms with E-state index < -0.39 is 21.5 Å². The second-order valence-electron chi connectivity index (χ2n) is 8.78. The van der Waals surface area contributed by atoms with Crippen LogP contribution in [-0.2, 0) is 16.4 Å². The maximum Gasteiger partial charge on any atom is 0.241 e. The molecule has 0 aliphatic carbocycles. The third-order valence-electron chi connectivity index (χ3n) is 4.40. The monoisotopic (exact) mass is 401 g/mol. The van der Waals surface area contributed by atoms with Crippen LogP contribution in [0, 0.1) is 5.92 Å². The standard InChI is InChI=1S/C23H31NO3S/c1-16(2)15-18-11-13-19(14-12-18)17(3)22(25)20-9-7-8-10-21(20)28(26,27)24-23(4,5)6/h7-14,16-17,24H,15H2,1-6H3. The molecule has 0 bridgehead atoms. The minimum atomic E-state index is -3.80. The highest BCUT2D eigenvalue weighted by Gasteiger charge is 2.28. The predicted molar refractivity (Wildman–Crippen MR) is 114 cm³/mol. The highest BCUT2D eigenvalue weighted by Crippen LogP contribution is 2.26. The molecule has 28 heavy (non-hydrogen) atoms. The Morgan fingerprint density at radius 3 is 2.07 bits per heavy atom. The summed E-state index contributed by atoms with van der Waals surface area (Å²) in [5.41, 5.74) is 1.70. The number of hydrogen-bond donors (Lipinski definition) is 1. The van der Waals surface area contributed by atoms with E-state index in [2.05, 4.69) is 18.6 Å². The Hall–Kier alpha value is -1.98. The van der Waals surface area contributed by atoms with Crippen LogP contribution in [0.15, 0.2) is 53.4 Å². The zero-order chi connectivity index (χ0) is 21.1. The average molecular weight is 402 g/mol.